The lowest BCUT2D eigenvalue weighted by Crippen LogP contribution is -2.52. The molecule has 1 aliphatic rings. The monoisotopic (exact) mass is 298 g/mol. The van der Waals surface area contributed by atoms with Crippen LogP contribution in [0, 0.1) is 6.92 Å². The minimum Gasteiger partial charge on any atom is -0.497 e. The van der Waals surface area contributed by atoms with Crippen LogP contribution in [0.5, 0.6) is 5.75 Å². The summed E-state index contributed by atoms with van der Waals surface area (Å²) >= 11 is 0. The molecule has 0 spiro atoms. The molecule has 0 saturated carbocycles. The van der Waals surface area contributed by atoms with E-state index in [4.69, 9.17) is 4.74 Å². The molecule has 20 heavy (non-hydrogen) atoms. The normalized spacial score (nSPS) is 21.9. The van der Waals surface area contributed by atoms with Crippen LogP contribution in [0.25, 0.3) is 0 Å². The molecule has 2 rings (SSSR count). The van der Waals surface area contributed by atoms with Crippen molar-refractivity contribution < 1.29 is 13.2 Å². The molecule has 6 heteroatoms. The number of benzene rings is 1. The zero-order valence-corrected chi connectivity index (χ0v) is 13.3. The molecule has 112 valence electrons. The maximum absolute atomic E-state index is 12.8. The van der Waals surface area contributed by atoms with Crippen LogP contribution in [-0.2, 0) is 10.0 Å². The van der Waals surface area contributed by atoms with E-state index in [1.165, 1.54) is 0 Å². The molecular weight excluding hydrogens is 276 g/mol. The lowest BCUT2D eigenvalue weighted by atomic mass is 10.2. The van der Waals surface area contributed by atoms with Crippen molar-refractivity contribution in [3.05, 3.63) is 23.8 Å². The summed E-state index contributed by atoms with van der Waals surface area (Å²) in [5.74, 6) is 0.674. The Morgan fingerprint density at radius 3 is 2.55 bits per heavy atom. The molecule has 0 bridgehead atoms. The van der Waals surface area contributed by atoms with Gasteiger partial charge in [-0.15, -0.1) is 0 Å². The van der Waals surface area contributed by atoms with Crippen LogP contribution < -0.4 is 4.74 Å². The standard InChI is InChI=1S/C14H22N2O3S/c1-11-9-13(19-4)5-6-14(11)20(17,18)16-8-7-15(3)10-12(16)2/h5-6,9,12H,7-8,10H2,1-4H3. The fourth-order valence-electron chi connectivity index (χ4n) is 2.64. The van der Waals surface area contributed by atoms with Gasteiger partial charge in [0.25, 0.3) is 0 Å². The Morgan fingerprint density at radius 1 is 1.30 bits per heavy atom. The summed E-state index contributed by atoms with van der Waals surface area (Å²) in [4.78, 5) is 2.52. The third-order valence-electron chi connectivity index (χ3n) is 3.74. The van der Waals surface area contributed by atoms with Gasteiger partial charge in [0, 0.05) is 25.7 Å². The number of ether oxygens (including phenoxy) is 1. The molecule has 1 atom stereocenters. The second-order valence-electron chi connectivity index (χ2n) is 5.36. The predicted molar refractivity (Wildman–Crippen MR) is 78.6 cm³/mol. The van der Waals surface area contributed by atoms with Gasteiger partial charge in [0.1, 0.15) is 5.75 Å². The first-order valence-electron chi connectivity index (χ1n) is 6.71. The SMILES string of the molecule is COc1ccc(S(=O)(=O)N2CCN(C)CC2C)c(C)c1. The van der Waals surface area contributed by atoms with Gasteiger partial charge in [0.15, 0.2) is 0 Å². The molecule has 0 amide bonds. The molecule has 1 aromatic carbocycles. The minimum atomic E-state index is -3.44. The summed E-state index contributed by atoms with van der Waals surface area (Å²) in [5.41, 5.74) is 0.718. The van der Waals surface area contributed by atoms with Gasteiger partial charge in [-0.05, 0) is 44.7 Å². The third kappa shape index (κ3) is 2.82. The number of methoxy groups -OCH3 is 1. The molecule has 5 nitrogen and oxygen atoms in total. The summed E-state index contributed by atoms with van der Waals surface area (Å²) in [7, 11) is 0.149. The van der Waals surface area contributed by atoms with Crippen molar-refractivity contribution in [2.75, 3.05) is 33.8 Å². The van der Waals surface area contributed by atoms with E-state index in [2.05, 4.69) is 4.90 Å². The Morgan fingerprint density at radius 2 is 2.00 bits per heavy atom. The zero-order valence-electron chi connectivity index (χ0n) is 12.5. The zero-order chi connectivity index (χ0) is 14.9. The highest BCUT2D eigenvalue weighted by molar-refractivity contribution is 7.89. The van der Waals surface area contributed by atoms with Crippen LogP contribution in [0.4, 0.5) is 0 Å². The summed E-state index contributed by atoms with van der Waals surface area (Å²) in [6, 6.07) is 5.07. The Bertz CT molecular complexity index is 586. The maximum Gasteiger partial charge on any atom is 0.243 e. The minimum absolute atomic E-state index is 0.0137. The van der Waals surface area contributed by atoms with E-state index < -0.39 is 10.0 Å². The molecule has 0 radical (unpaired) electrons. The highest BCUT2D eigenvalue weighted by atomic mass is 32.2. The predicted octanol–water partition coefficient (Wildman–Crippen LogP) is 1.33. The fourth-order valence-corrected chi connectivity index (χ4v) is 4.47. The average molecular weight is 298 g/mol. The maximum atomic E-state index is 12.8. The van der Waals surface area contributed by atoms with Crippen molar-refractivity contribution in [3.63, 3.8) is 0 Å². The van der Waals surface area contributed by atoms with E-state index in [0.717, 1.165) is 18.7 Å². The van der Waals surface area contributed by atoms with Crippen molar-refractivity contribution in [3.8, 4) is 5.75 Å². The third-order valence-corrected chi connectivity index (χ3v) is 5.91. The Balaban J connectivity index is 2.35. The van der Waals surface area contributed by atoms with E-state index in [-0.39, 0.29) is 6.04 Å². The first kappa shape index (κ1) is 15.3. The summed E-state index contributed by atoms with van der Waals surface area (Å²) < 4.78 is 32.3. The number of hydrogen-bond acceptors (Lipinski definition) is 4. The molecule has 1 aliphatic heterocycles. The molecular formula is C14H22N2O3S. The number of nitrogens with zero attached hydrogens (tertiary/aromatic N) is 2. The Hall–Kier alpha value is -1.11. The molecule has 0 aromatic heterocycles. The molecule has 1 heterocycles. The number of likely N-dealkylation sites (N-methyl/N-ethyl adjacent to an activating group) is 1. The van der Waals surface area contributed by atoms with Gasteiger partial charge >= 0.3 is 0 Å². The number of piperazine rings is 1. The topological polar surface area (TPSA) is 49.9 Å². The highest BCUT2D eigenvalue weighted by Crippen LogP contribution is 2.26. The van der Waals surface area contributed by atoms with Crippen LogP contribution in [0.1, 0.15) is 12.5 Å². The quantitative estimate of drug-likeness (QED) is 0.845. The number of rotatable bonds is 3. The van der Waals surface area contributed by atoms with Crippen molar-refractivity contribution >= 4 is 10.0 Å². The number of sulfonamides is 1. The van der Waals surface area contributed by atoms with Gasteiger partial charge in [-0.3, -0.25) is 0 Å². The van der Waals surface area contributed by atoms with Gasteiger partial charge in [0.05, 0.1) is 12.0 Å². The average Bonchev–Trinajstić information content (AvgIpc) is 2.37. The van der Waals surface area contributed by atoms with E-state index in [9.17, 15) is 8.42 Å². The lowest BCUT2D eigenvalue weighted by Gasteiger charge is -2.37. The van der Waals surface area contributed by atoms with Crippen LogP contribution in [0.3, 0.4) is 0 Å². The van der Waals surface area contributed by atoms with Crippen molar-refractivity contribution in [1.29, 1.82) is 0 Å². The van der Waals surface area contributed by atoms with Crippen LogP contribution in [-0.4, -0.2) is 57.5 Å². The first-order chi connectivity index (χ1) is 9.36. The summed E-state index contributed by atoms with van der Waals surface area (Å²) in [6.07, 6.45) is 0. The van der Waals surface area contributed by atoms with Crippen molar-refractivity contribution in [2.24, 2.45) is 0 Å². The van der Waals surface area contributed by atoms with Crippen molar-refractivity contribution in [1.82, 2.24) is 9.21 Å². The molecule has 1 saturated heterocycles. The second-order valence-corrected chi connectivity index (χ2v) is 7.22. The smallest absolute Gasteiger partial charge is 0.243 e. The van der Waals surface area contributed by atoms with Gasteiger partial charge in [0.2, 0.25) is 10.0 Å². The van der Waals surface area contributed by atoms with E-state index >= 15 is 0 Å². The van der Waals surface area contributed by atoms with Crippen LogP contribution >= 0.6 is 0 Å². The molecule has 1 aromatic rings. The lowest BCUT2D eigenvalue weighted by molar-refractivity contribution is 0.170. The van der Waals surface area contributed by atoms with E-state index in [1.807, 2.05) is 14.0 Å². The van der Waals surface area contributed by atoms with Gasteiger partial charge in [-0.1, -0.05) is 0 Å². The number of hydrogen-bond donors (Lipinski definition) is 0. The van der Waals surface area contributed by atoms with Crippen LogP contribution in [0.2, 0.25) is 0 Å². The molecule has 0 aliphatic carbocycles. The summed E-state index contributed by atoms with van der Waals surface area (Å²) in [6.45, 7) is 5.81. The van der Waals surface area contributed by atoms with E-state index in [1.54, 1.807) is 36.5 Å². The van der Waals surface area contributed by atoms with Gasteiger partial charge in [-0.2, -0.15) is 4.31 Å². The fraction of sp³-hybridized carbons (Fsp3) is 0.571. The van der Waals surface area contributed by atoms with Gasteiger partial charge in [-0.25, -0.2) is 8.42 Å². The molecule has 1 unspecified atom stereocenters. The second kappa shape index (κ2) is 5.71. The Labute approximate surface area is 121 Å². The highest BCUT2D eigenvalue weighted by Gasteiger charge is 2.33. The Kier molecular flexibility index (Phi) is 4.36. The van der Waals surface area contributed by atoms with Gasteiger partial charge < -0.3 is 9.64 Å². The van der Waals surface area contributed by atoms with Crippen molar-refractivity contribution in [2.45, 2.75) is 24.8 Å². The van der Waals surface area contributed by atoms with E-state index in [0.29, 0.717) is 17.2 Å². The largest absolute Gasteiger partial charge is 0.497 e. The van der Waals surface area contributed by atoms with Crippen LogP contribution in [0.15, 0.2) is 23.1 Å². The first-order valence-corrected chi connectivity index (χ1v) is 8.15. The molecule has 0 N–H and O–H groups in total. The number of aryl methyl sites for hydroxylation is 1. The summed E-state index contributed by atoms with van der Waals surface area (Å²) in [5, 5.41) is 0. The molecule has 1 fully saturated rings.